The number of amides is 1. The van der Waals surface area contributed by atoms with Crippen LogP contribution in [0.1, 0.15) is 29.6 Å². The minimum atomic E-state index is -0.167. The minimum absolute atomic E-state index is 0.167. The van der Waals surface area contributed by atoms with Crippen LogP contribution < -0.4 is 20.5 Å². The maximum atomic E-state index is 12.0. The highest BCUT2D eigenvalue weighted by Crippen LogP contribution is 2.33. The molecule has 0 radical (unpaired) electrons. The van der Waals surface area contributed by atoms with Gasteiger partial charge in [-0.3, -0.25) is 4.79 Å². The summed E-state index contributed by atoms with van der Waals surface area (Å²) in [7, 11) is 3.06. The average molecular weight is 264 g/mol. The van der Waals surface area contributed by atoms with Gasteiger partial charge in [-0.15, -0.1) is 0 Å². The SMILES string of the molecule is COc1cc(N)c(C(=O)NCCC2CC2)cc1OC. The summed E-state index contributed by atoms with van der Waals surface area (Å²) in [5.74, 6) is 1.65. The van der Waals surface area contributed by atoms with Crippen molar-refractivity contribution in [1.82, 2.24) is 5.32 Å². The van der Waals surface area contributed by atoms with Crippen molar-refractivity contribution in [3.8, 4) is 11.5 Å². The van der Waals surface area contributed by atoms with E-state index in [1.807, 2.05) is 0 Å². The number of carbonyl (C=O) groups excluding carboxylic acids is 1. The number of hydrogen-bond acceptors (Lipinski definition) is 4. The van der Waals surface area contributed by atoms with E-state index >= 15 is 0 Å². The number of nitrogens with one attached hydrogen (secondary N) is 1. The van der Waals surface area contributed by atoms with Crippen molar-refractivity contribution in [2.24, 2.45) is 5.92 Å². The van der Waals surface area contributed by atoms with E-state index in [9.17, 15) is 4.79 Å². The normalized spacial score (nSPS) is 14.0. The van der Waals surface area contributed by atoms with Crippen LogP contribution >= 0.6 is 0 Å². The third kappa shape index (κ3) is 3.30. The van der Waals surface area contributed by atoms with Crippen molar-refractivity contribution >= 4 is 11.6 Å². The molecule has 5 nitrogen and oxygen atoms in total. The number of benzene rings is 1. The molecule has 0 heterocycles. The molecule has 5 heteroatoms. The fraction of sp³-hybridized carbons (Fsp3) is 0.500. The molecule has 0 atom stereocenters. The topological polar surface area (TPSA) is 73.6 Å². The molecule has 1 amide bonds. The fourth-order valence-electron chi connectivity index (χ4n) is 1.98. The van der Waals surface area contributed by atoms with E-state index in [-0.39, 0.29) is 5.91 Å². The van der Waals surface area contributed by atoms with Gasteiger partial charge < -0.3 is 20.5 Å². The van der Waals surface area contributed by atoms with Crippen molar-refractivity contribution in [1.29, 1.82) is 0 Å². The first kappa shape index (κ1) is 13.5. The molecule has 104 valence electrons. The van der Waals surface area contributed by atoms with Gasteiger partial charge in [-0.25, -0.2) is 0 Å². The Hall–Kier alpha value is -1.91. The molecule has 0 spiro atoms. The van der Waals surface area contributed by atoms with Gasteiger partial charge in [-0.05, 0) is 18.4 Å². The summed E-state index contributed by atoms with van der Waals surface area (Å²) in [4.78, 5) is 12.0. The summed E-state index contributed by atoms with van der Waals surface area (Å²) in [5.41, 5.74) is 6.68. The second kappa shape index (κ2) is 5.82. The Morgan fingerprint density at radius 3 is 2.53 bits per heavy atom. The Balaban J connectivity index is 2.06. The lowest BCUT2D eigenvalue weighted by Gasteiger charge is -2.12. The Morgan fingerprint density at radius 2 is 1.95 bits per heavy atom. The Morgan fingerprint density at radius 1 is 1.32 bits per heavy atom. The van der Waals surface area contributed by atoms with Crippen LogP contribution in [0.15, 0.2) is 12.1 Å². The Labute approximate surface area is 113 Å². The number of ether oxygens (including phenoxy) is 2. The molecule has 1 aliphatic carbocycles. The highest BCUT2D eigenvalue weighted by Gasteiger charge is 2.21. The largest absolute Gasteiger partial charge is 0.493 e. The standard InChI is InChI=1S/C14H20N2O3/c1-18-12-7-10(11(15)8-13(12)19-2)14(17)16-6-5-9-3-4-9/h7-9H,3-6,15H2,1-2H3,(H,16,17). The zero-order valence-corrected chi connectivity index (χ0v) is 11.4. The highest BCUT2D eigenvalue weighted by atomic mass is 16.5. The molecule has 0 saturated heterocycles. The van der Waals surface area contributed by atoms with Gasteiger partial charge in [-0.2, -0.15) is 0 Å². The van der Waals surface area contributed by atoms with Crippen molar-refractivity contribution in [3.05, 3.63) is 17.7 Å². The molecule has 0 bridgehead atoms. The van der Waals surface area contributed by atoms with Gasteiger partial charge in [0.05, 0.1) is 19.8 Å². The summed E-state index contributed by atoms with van der Waals surface area (Å²) in [6.45, 7) is 0.692. The lowest BCUT2D eigenvalue weighted by Crippen LogP contribution is -2.25. The number of nitrogen functional groups attached to an aromatic ring is 1. The third-order valence-corrected chi connectivity index (χ3v) is 3.34. The van der Waals surface area contributed by atoms with Crippen LogP contribution in [0.5, 0.6) is 11.5 Å². The van der Waals surface area contributed by atoms with E-state index in [0.29, 0.717) is 29.3 Å². The zero-order chi connectivity index (χ0) is 13.8. The van der Waals surface area contributed by atoms with Gasteiger partial charge in [0.25, 0.3) is 5.91 Å². The van der Waals surface area contributed by atoms with E-state index in [1.165, 1.54) is 27.1 Å². The number of carbonyl (C=O) groups is 1. The van der Waals surface area contributed by atoms with Gasteiger partial charge in [0, 0.05) is 18.3 Å². The first-order valence-electron chi connectivity index (χ1n) is 6.45. The van der Waals surface area contributed by atoms with Gasteiger partial charge in [0.15, 0.2) is 11.5 Å². The monoisotopic (exact) mass is 264 g/mol. The zero-order valence-electron chi connectivity index (χ0n) is 11.4. The van der Waals surface area contributed by atoms with Crippen LogP contribution in [0, 0.1) is 5.92 Å². The molecule has 1 aliphatic rings. The lowest BCUT2D eigenvalue weighted by molar-refractivity contribution is 0.0953. The maximum Gasteiger partial charge on any atom is 0.253 e. The van der Waals surface area contributed by atoms with Gasteiger partial charge in [0.1, 0.15) is 0 Å². The fourth-order valence-corrected chi connectivity index (χ4v) is 1.98. The van der Waals surface area contributed by atoms with Crippen LogP contribution in [-0.4, -0.2) is 26.7 Å². The molecule has 1 aromatic rings. The van der Waals surface area contributed by atoms with Crippen LogP contribution in [0.3, 0.4) is 0 Å². The second-order valence-electron chi connectivity index (χ2n) is 4.78. The number of hydrogen-bond donors (Lipinski definition) is 2. The quantitative estimate of drug-likeness (QED) is 0.769. The predicted octanol–water partition coefficient (Wildman–Crippen LogP) is 1.82. The van der Waals surface area contributed by atoms with E-state index in [4.69, 9.17) is 15.2 Å². The summed E-state index contributed by atoms with van der Waals surface area (Å²) in [5, 5.41) is 2.88. The van der Waals surface area contributed by atoms with Crippen LogP contribution in [0.4, 0.5) is 5.69 Å². The molecule has 1 saturated carbocycles. The van der Waals surface area contributed by atoms with E-state index in [2.05, 4.69) is 5.32 Å². The number of anilines is 1. The molecule has 0 unspecified atom stereocenters. The van der Waals surface area contributed by atoms with Gasteiger partial charge >= 0.3 is 0 Å². The molecular formula is C14H20N2O3. The summed E-state index contributed by atoms with van der Waals surface area (Å²) >= 11 is 0. The lowest BCUT2D eigenvalue weighted by atomic mass is 10.1. The van der Waals surface area contributed by atoms with E-state index in [0.717, 1.165) is 12.3 Å². The minimum Gasteiger partial charge on any atom is -0.493 e. The highest BCUT2D eigenvalue weighted by molar-refractivity contribution is 6.00. The number of nitrogens with two attached hydrogens (primary N) is 1. The van der Waals surface area contributed by atoms with E-state index in [1.54, 1.807) is 12.1 Å². The number of rotatable bonds is 6. The van der Waals surface area contributed by atoms with Crippen LogP contribution in [-0.2, 0) is 0 Å². The van der Waals surface area contributed by atoms with Crippen molar-refractivity contribution in [2.75, 3.05) is 26.5 Å². The third-order valence-electron chi connectivity index (χ3n) is 3.34. The molecule has 1 aromatic carbocycles. The van der Waals surface area contributed by atoms with Crippen LogP contribution in [0.25, 0.3) is 0 Å². The summed E-state index contributed by atoms with van der Waals surface area (Å²) < 4.78 is 10.3. The summed E-state index contributed by atoms with van der Waals surface area (Å²) in [6, 6.07) is 3.22. The molecule has 3 N–H and O–H groups in total. The first-order chi connectivity index (χ1) is 9.15. The van der Waals surface area contributed by atoms with Gasteiger partial charge in [0.2, 0.25) is 0 Å². The first-order valence-corrected chi connectivity index (χ1v) is 6.45. The Bertz CT molecular complexity index is 470. The van der Waals surface area contributed by atoms with Crippen molar-refractivity contribution < 1.29 is 14.3 Å². The average Bonchev–Trinajstić information content (AvgIpc) is 3.22. The maximum absolute atomic E-state index is 12.0. The number of methoxy groups -OCH3 is 2. The predicted molar refractivity (Wildman–Crippen MR) is 73.6 cm³/mol. The molecule has 0 aliphatic heterocycles. The van der Waals surface area contributed by atoms with Gasteiger partial charge in [-0.1, -0.05) is 12.8 Å². The smallest absolute Gasteiger partial charge is 0.253 e. The van der Waals surface area contributed by atoms with Crippen molar-refractivity contribution in [3.63, 3.8) is 0 Å². The van der Waals surface area contributed by atoms with Crippen LogP contribution in [0.2, 0.25) is 0 Å². The molecule has 1 fully saturated rings. The molecular weight excluding hydrogens is 244 g/mol. The molecule has 19 heavy (non-hydrogen) atoms. The second-order valence-corrected chi connectivity index (χ2v) is 4.78. The Kier molecular flexibility index (Phi) is 4.14. The summed E-state index contributed by atoms with van der Waals surface area (Å²) in [6.07, 6.45) is 3.61. The van der Waals surface area contributed by atoms with Crippen molar-refractivity contribution in [2.45, 2.75) is 19.3 Å². The molecule has 2 rings (SSSR count). The van der Waals surface area contributed by atoms with E-state index < -0.39 is 0 Å². The molecule has 0 aromatic heterocycles.